The van der Waals surface area contributed by atoms with Crippen LogP contribution in [0.3, 0.4) is 0 Å². The minimum Gasteiger partial charge on any atom is -0.338 e. The van der Waals surface area contributed by atoms with Crippen LogP contribution in [0.1, 0.15) is 11.5 Å². The fourth-order valence-corrected chi connectivity index (χ4v) is 2.96. The predicted octanol–water partition coefficient (Wildman–Crippen LogP) is 5.75. The number of thioether (sulfide) groups is 1. The van der Waals surface area contributed by atoms with Crippen molar-refractivity contribution in [3.63, 3.8) is 0 Å². The molecule has 10 heteroatoms. The summed E-state index contributed by atoms with van der Waals surface area (Å²) in [6.45, 7) is 0. The number of aromatic nitrogens is 3. The van der Waals surface area contributed by atoms with Crippen molar-refractivity contribution in [3.05, 3.63) is 58.0 Å². The first-order chi connectivity index (χ1) is 11.8. The molecule has 3 aromatic rings. The summed E-state index contributed by atoms with van der Waals surface area (Å²) in [5.41, 5.74) is -0.913. The molecule has 0 aliphatic carbocycles. The zero-order valence-corrected chi connectivity index (χ0v) is 14.5. The molecule has 0 saturated heterocycles. The highest BCUT2D eigenvalue weighted by Crippen LogP contribution is 2.33. The van der Waals surface area contributed by atoms with Crippen LogP contribution in [0.5, 0.6) is 0 Å². The lowest BCUT2D eigenvalue weighted by atomic mass is 10.2. The van der Waals surface area contributed by atoms with Gasteiger partial charge in [0.15, 0.2) is 0 Å². The third-order valence-corrected chi connectivity index (χ3v) is 4.56. The van der Waals surface area contributed by atoms with Crippen LogP contribution in [0.2, 0.25) is 10.0 Å². The molecule has 2 heterocycles. The van der Waals surface area contributed by atoms with Crippen molar-refractivity contribution >= 4 is 35.0 Å². The molecule has 0 radical (unpaired) electrons. The Morgan fingerprint density at radius 1 is 1.12 bits per heavy atom. The summed E-state index contributed by atoms with van der Waals surface area (Å²) in [5, 5.41) is 4.15. The summed E-state index contributed by atoms with van der Waals surface area (Å²) in [4.78, 5) is 8.76. The molecule has 1 aromatic carbocycles. The molecule has 0 aliphatic heterocycles. The highest BCUT2D eigenvalue weighted by molar-refractivity contribution is 7.98. The normalized spacial score (nSPS) is 11.7. The minimum absolute atomic E-state index is 0.0289. The molecule has 0 N–H and O–H groups in total. The van der Waals surface area contributed by atoms with Gasteiger partial charge in [0.2, 0.25) is 11.7 Å². The van der Waals surface area contributed by atoms with Gasteiger partial charge in [0.25, 0.3) is 0 Å². The number of benzene rings is 1. The second kappa shape index (κ2) is 7.23. The van der Waals surface area contributed by atoms with Crippen molar-refractivity contribution in [1.82, 2.24) is 15.1 Å². The zero-order chi connectivity index (χ0) is 18.0. The average Bonchev–Trinajstić information content (AvgIpc) is 3.02. The number of hydrogen-bond acceptors (Lipinski definition) is 5. The largest absolute Gasteiger partial charge is 0.417 e. The summed E-state index contributed by atoms with van der Waals surface area (Å²) in [5.74, 6) is 0.713. The molecule has 0 unspecified atom stereocenters. The van der Waals surface area contributed by atoms with Gasteiger partial charge in [-0.3, -0.25) is 4.98 Å². The van der Waals surface area contributed by atoms with E-state index in [4.69, 9.17) is 27.7 Å². The van der Waals surface area contributed by atoms with Gasteiger partial charge in [0.05, 0.1) is 16.3 Å². The van der Waals surface area contributed by atoms with Crippen LogP contribution in [-0.4, -0.2) is 15.1 Å². The minimum atomic E-state index is -4.52. The van der Waals surface area contributed by atoms with Gasteiger partial charge in [-0.1, -0.05) is 28.4 Å². The number of hydrogen-bond donors (Lipinski definition) is 0. The number of nitrogens with zero attached hydrogens (tertiary/aromatic N) is 3. The topological polar surface area (TPSA) is 51.8 Å². The first kappa shape index (κ1) is 18.0. The van der Waals surface area contributed by atoms with Gasteiger partial charge in [-0.15, -0.1) is 11.8 Å². The number of rotatable bonds is 4. The maximum absolute atomic E-state index is 12.6. The quantitative estimate of drug-likeness (QED) is 0.517. The Kier molecular flexibility index (Phi) is 5.21. The molecule has 0 spiro atoms. The maximum atomic E-state index is 12.6. The van der Waals surface area contributed by atoms with E-state index in [1.807, 2.05) is 12.1 Å². The Morgan fingerprint density at radius 2 is 1.84 bits per heavy atom. The Bertz CT molecular complexity index is 884. The lowest BCUT2D eigenvalue weighted by Gasteiger charge is -2.07. The van der Waals surface area contributed by atoms with Crippen LogP contribution >= 0.6 is 35.0 Å². The van der Waals surface area contributed by atoms with Crippen molar-refractivity contribution in [2.45, 2.75) is 16.8 Å². The summed E-state index contributed by atoms with van der Waals surface area (Å²) >= 11 is 13.1. The van der Waals surface area contributed by atoms with Gasteiger partial charge in [-0.05, 0) is 30.3 Å². The maximum Gasteiger partial charge on any atom is 0.417 e. The monoisotopic (exact) mass is 405 g/mol. The Morgan fingerprint density at radius 3 is 2.48 bits per heavy atom. The molecule has 0 amide bonds. The van der Waals surface area contributed by atoms with Gasteiger partial charge in [0.1, 0.15) is 5.69 Å². The van der Waals surface area contributed by atoms with E-state index in [1.165, 1.54) is 11.8 Å². The first-order valence-electron chi connectivity index (χ1n) is 6.77. The molecular formula is C15H8Cl2F3N3OS. The van der Waals surface area contributed by atoms with Crippen LogP contribution in [0.15, 0.2) is 45.9 Å². The molecule has 25 heavy (non-hydrogen) atoms. The van der Waals surface area contributed by atoms with E-state index in [2.05, 4.69) is 15.1 Å². The van der Waals surface area contributed by atoms with Crippen molar-refractivity contribution in [1.29, 1.82) is 0 Å². The molecule has 0 atom stereocenters. The van der Waals surface area contributed by atoms with Crippen LogP contribution in [0.25, 0.3) is 11.5 Å². The Balaban J connectivity index is 1.74. The van der Waals surface area contributed by atoms with Crippen LogP contribution in [-0.2, 0) is 11.9 Å². The van der Waals surface area contributed by atoms with Gasteiger partial charge >= 0.3 is 6.18 Å². The molecule has 0 saturated carbocycles. The van der Waals surface area contributed by atoms with Crippen molar-refractivity contribution in [3.8, 4) is 11.5 Å². The van der Waals surface area contributed by atoms with E-state index >= 15 is 0 Å². The summed E-state index contributed by atoms with van der Waals surface area (Å²) in [7, 11) is 0. The first-order valence-corrected chi connectivity index (χ1v) is 8.51. The third kappa shape index (κ3) is 4.45. The lowest BCUT2D eigenvalue weighted by Crippen LogP contribution is -2.06. The molecule has 0 fully saturated rings. The molecule has 130 valence electrons. The number of alkyl halides is 3. The van der Waals surface area contributed by atoms with Crippen molar-refractivity contribution in [2.75, 3.05) is 0 Å². The van der Waals surface area contributed by atoms with Gasteiger partial charge in [-0.25, -0.2) is 0 Å². The molecule has 0 bridgehead atoms. The summed E-state index contributed by atoms with van der Waals surface area (Å²) in [6.07, 6.45) is -3.84. The van der Waals surface area contributed by atoms with Crippen LogP contribution in [0.4, 0.5) is 13.2 Å². The standard InChI is InChI=1S/C15H8Cl2F3N3OS/c16-9-1-3-10(4-2-9)25-7-12-22-14(23-24-12)13-11(17)5-8(6-21-13)15(18,19)20/h1-6H,7H2. The zero-order valence-electron chi connectivity index (χ0n) is 12.2. The highest BCUT2D eigenvalue weighted by Gasteiger charge is 2.32. The highest BCUT2D eigenvalue weighted by atomic mass is 35.5. The fraction of sp³-hybridized carbons (Fsp3) is 0.133. The Hall–Kier alpha value is -1.77. The molecule has 4 nitrogen and oxygen atoms in total. The van der Waals surface area contributed by atoms with Crippen molar-refractivity contribution in [2.24, 2.45) is 0 Å². The number of pyridine rings is 1. The van der Waals surface area contributed by atoms with E-state index in [-0.39, 0.29) is 16.5 Å². The summed E-state index contributed by atoms with van der Waals surface area (Å²) in [6, 6.07) is 7.99. The van der Waals surface area contributed by atoms with Crippen LogP contribution in [0, 0.1) is 0 Å². The second-order valence-electron chi connectivity index (χ2n) is 4.81. The fourth-order valence-electron chi connectivity index (χ4n) is 1.84. The van der Waals surface area contributed by atoms with Gasteiger partial charge in [0, 0.05) is 16.1 Å². The Labute approximate surface area is 154 Å². The molecule has 3 rings (SSSR count). The van der Waals surface area contributed by atoms with Crippen LogP contribution < -0.4 is 0 Å². The lowest BCUT2D eigenvalue weighted by molar-refractivity contribution is -0.137. The molecule has 2 aromatic heterocycles. The third-order valence-electron chi connectivity index (χ3n) is 3.02. The van der Waals surface area contributed by atoms with Gasteiger partial charge < -0.3 is 4.52 Å². The van der Waals surface area contributed by atoms with Gasteiger partial charge in [-0.2, -0.15) is 18.2 Å². The van der Waals surface area contributed by atoms with E-state index < -0.39 is 11.7 Å². The predicted molar refractivity (Wildman–Crippen MR) is 88.6 cm³/mol. The molecule has 0 aliphatic rings. The second-order valence-corrected chi connectivity index (χ2v) is 6.70. The van der Waals surface area contributed by atoms with E-state index in [0.29, 0.717) is 22.9 Å². The average molecular weight is 406 g/mol. The smallest absolute Gasteiger partial charge is 0.338 e. The summed E-state index contributed by atoms with van der Waals surface area (Å²) < 4.78 is 43.0. The number of halogens is 5. The van der Waals surface area contributed by atoms with E-state index in [1.54, 1.807) is 12.1 Å². The SMILES string of the molecule is FC(F)(F)c1cnc(-c2noc(CSc3ccc(Cl)cc3)n2)c(Cl)c1. The van der Waals surface area contributed by atoms with E-state index in [9.17, 15) is 13.2 Å². The molecular weight excluding hydrogens is 398 g/mol. The van der Waals surface area contributed by atoms with Crippen molar-refractivity contribution < 1.29 is 17.7 Å². The van der Waals surface area contributed by atoms with E-state index in [0.717, 1.165) is 11.0 Å².